The zero-order valence-electron chi connectivity index (χ0n) is 13.7. The van der Waals surface area contributed by atoms with Gasteiger partial charge < -0.3 is 9.47 Å². The molecule has 0 spiro atoms. The van der Waals surface area contributed by atoms with Crippen molar-refractivity contribution >= 4 is 32.9 Å². The van der Waals surface area contributed by atoms with E-state index in [2.05, 4.69) is 25.9 Å². The lowest BCUT2D eigenvalue weighted by molar-refractivity contribution is -0.144. The Bertz CT molecular complexity index is 881. The highest BCUT2D eigenvalue weighted by molar-refractivity contribution is 9.10. The van der Waals surface area contributed by atoms with E-state index >= 15 is 0 Å². The van der Waals surface area contributed by atoms with Gasteiger partial charge in [-0.1, -0.05) is 40.2 Å². The van der Waals surface area contributed by atoms with Crippen molar-refractivity contribution < 1.29 is 14.3 Å². The van der Waals surface area contributed by atoms with E-state index in [-0.39, 0.29) is 19.0 Å². The van der Waals surface area contributed by atoms with Crippen molar-refractivity contribution in [3.05, 3.63) is 64.3 Å². The maximum Gasteiger partial charge on any atom is 0.306 e. The maximum atomic E-state index is 12.0. The van der Waals surface area contributed by atoms with Gasteiger partial charge in [-0.2, -0.15) is 0 Å². The molecule has 3 rings (SSSR count). The SMILES string of the molecule is COc1nc2ccccc2nc1CCC(=O)OCc1ccc(Br)cc1. The molecule has 6 heteroatoms. The highest BCUT2D eigenvalue weighted by atomic mass is 79.9. The minimum atomic E-state index is -0.278. The molecule has 0 N–H and O–H groups in total. The number of hydrogen-bond acceptors (Lipinski definition) is 5. The first-order valence-electron chi connectivity index (χ1n) is 7.85. The molecule has 0 saturated heterocycles. The van der Waals surface area contributed by atoms with Gasteiger partial charge in [0.25, 0.3) is 0 Å². The number of nitrogens with zero attached hydrogens (tertiary/aromatic N) is 2. The molecule has 0 fully saturated rings. The average Bonchev–Trinajstić information content (AvgIpc) is 2.65. The number of methoxy groups -OCH3 is 1. The number of rotatable bonds is 6. The molecule has 1 heterocycles. The number of hydrogen-bond donors (Lipinski definition) is 0. The molecule has 128 valence electrons. The quantitative estimate of drug-likeness (QED) is 0.583. The first-order chi connectivity index (χ1) is 12.2. The highest BCUT2D eigenvalue weighted by Gasteiger charge is 2.12. The number of carbonyl (C=O) groups excluding carboxylic acids is 1. The predicted molar refractivity (Wildman–Crippen MR) is 98.3 cm³/mol. The maximum absolute atomic E-state index is 12.0. The lowest BCUT2D eigenvalue weighted by atomic mass is 10.2. The minimum absolute atomic E-state index is 0.222. The van der Waals surface area contributed by atoms with Gasteiger partial charge in [-0.3, -0.25) is 4.79 Å². The molecule has 1 aromatic heterocycles. The van der Waals surface area contributed by atoms with Crippen molar-refractivity contribution in [1.82, 2.24) is 9.97 Å². The minimum Gasteiger partial charge on any atom is -0.480 e. The van der Waals surface area contributed by atoms with E-state index in [1.54, 1.807) is 7.11 Å². The van der Waals surface area contributed by atoms with Gasteiger partial charge >= 0.3 is 5.97 Å². The van der Waals surface area contributed by atoms with Crippen LogP contribution in [0.25, 0.3) is 11.0 Å². The Morgan fingerprint density at radius 2 is 1.72 bits per heavy atom. The topological polar surface area (TPSA) is 61.3 Å². The Hall–Kier alpha value is -2.47. The molecule has 25 heavy (non-hydrogen) atoms. The Morgan fingerprint density at radius 1 is 1.04 bits per heavy atom. The summed E-state index contributed by atoms with van der Waals surface area (Å²) < 4.78 is 11.6. The number of carbonyl (C=O) groups is 1. The summed E-state index contributed by atoms with van der Waals surface area (Å²) in [7, 11) is 1.55. The molecule has 0 radical (unpaired) electrons. The Labute approximate surface area is 154 Å². The molecule has 0 atom stereocenters. The highest BCUT2D eigenvalue weighted by Crippen LogP contribution is 2.20. The summed E-state index contributed by atoms with van der Waals surface area (Å²) in [5, 5.41) is 0. The molecule has 0 amide bonds. The van der Waals surface area contributed by atoms with Crippen LogP contribution >= 0.6 is 15.9 Å². The van der Waals surface area contributed by atoms with Crippen LogP contribution in [-0.2, 0) is 22.6 Å². The number of fused-ring (bicyclic) bond motifs is 1. The summed E-state index contributed by atoms with van der Waals surface area (Å²) in [6.45, 7) is 0.257. The van der Waals surface area contributed by atoms with Crippen LogP contribution in [0.2, 0.25) is 0 Å². The fourth-order valence-corrected chi connectivity index (χ4v) is 2.65. The van der Waals surface area contributed by atoms with E-state index in [4.69, 9.17) is 9.47 Å². The molecule has 2 aromatic carbocycles. The van der Waals surface area contributed by atoms with Crippen molar-refractivity contribution in [3.63, 3.8) is 0 Å². The van der Waals surface area contributed by atoms with Gasteiger partial charge in [-0.05, 0) is 29.8 Å². The number of para-hydroxylation sites is 2. The summed E-state index contributed by atoms with van der Waals surface area (Å²) in [6.07, 6.45) is 0.639. The van der Waals surface area contributed by atoms with Crippen molar-refractivity contribution in [2.75, 3.05) is 7.11 Å². The monoisotopic (exact) mass is 400 g/mol. The second-order valence-electron chi connectivity index (χ2n) is 5.46. The Morgan fingerprint density at radius 3 is 2.40 bits per heavy atom. The third-order valence-corrected chi connectivity index (χ3v) is 4.21. The van der Waals surface area contributed by atoms with Gasteiger partial charge in [-0.15, -0.1) is 0 Å². The normalized spacial score (nSPS) is 10.6. The van der Waals surface area contributed by atoms with Crippen LogP contribution in [0.5, 0.6) is 5.88 Å². The lowest BCUT2D eigenvalue weighted by Gasteiger charge is -2.09. The Balaban J connectivity index is 1.61. The largest absolute Gasteiger partial charge is 0.480 e. The summed E-state index contributed by atoms with van der Waals surface area (Å²) in [5.41, 5.74) is 3.14. The second kappa shape index (κ2) is 8.07. The first-order valence-corrected chi connectivity index (χ1v) is 8.65. The van der Waals surface area contributed by atoms with Gasteiger partial charge in [0.2, 0.25) is 5.88 Å². The van der Waals surface area contributed by atoms with Gasteiger partial charge in [0.1, 0.15) is 12.3 Å². The smallest absolute Gasteiger partial charge is 0.306 e. The molecule has 0 saturated carbocycles. The van der Waals surface area contributed by atoms with Crippen LogP contribution in [0.15, 0.2) is 53.0 Å². The lowest BCUT2D eigenvalue weighted by Crippen LogP contribution is -2.08. The third-order valence-electron chi connectivity index (χ3n) is 3.68. The van der Waals surface area contributed by atoms with Crippen LogP contribution in [-0.4, -0.2) is 23.0 Å². The van der Waals surface area contributed by atoms with E-state index in [9.17, 15) is 4.79 Å². The van der Waals surface area contributed by atoms with Gasteiger partial charge in [0, 0.05) is 10.9 Å². The van der Waals surface area contributed by atoms with E-state index in [1.165, 1.54) is 0 Å². The zero-order valence-corrected chi connectivity index (χ0v) is 15.3. The predicted octanol–water partition coefficient (Wildman–Crippen LogP) is 4.08. The molecule has 0 aliphatic carbocycles. The number of aryl methyl sites for hydroxylation is 1. The summed E-state index contributed by atoms with van der Waals surface area (Å²) in [4.78, 5) is 21.0. The summed E-state index contributed by atoms with van der Waals surface area (Å²) in [5.74, 6) is 0.166. The van der Waals surface area contributed by atoms with Crippen molar-refractivity contribution in [2.45, 2.75) is 19.4 Å². The van der Waals surface area contributed by atoms with Gasteiger partial charge in [-0.25, -0.2) is 9.97 Å². The zero-order chi connectivity index (χ0) is 17.6. The van der Waals surface area contributed by atoms with E-state index in [1.807, 2.05) is 48.5 Å². The molecule has 0 unspecified atom stereocenters. The van der Waals surface area contributed by atoms with Gasteiger partial charge in [0.15, 0.2) is 0 Å². The van der Waals surface area contributed by atoms with Crippen LogP contribution in [0.4, 0.5) is 0 Å². The molecular formula is C19H17BrN2O3. The average molecular weight is 401 g/mol. The third kappa shape index (κ3) is 4.54. The molecule has 0 bridgehead atoms. The second-order valence-corrected chi connectivity index (χ2v) is 6.37. The van der Waals surface area contributed by atoms with Gasteiger partial charge in [0.05, 0.1) is 24.6 Å². The van der Waals surface area contributed by atoms with E-state index in [0.29, 0.717) is 18.0 Å². The molecule has 0 aliphatic heterocycles. The Kier molecular flexibility index (Phi) is 5.60. The number of esters is 1. The summed E-state index contributed by atoms with van der Waals surface area (Å²) in [6, 6.07) is 15.2. The fourth-order valence-electron chi connectivity index (χ4n) is 2.38. The van der Waals surface area contributed by atoms with Crippen molar-refractivity contribution in [1.29, 1.82) is 0 Å². The summed E-state index contributed by atoms with van der Waals surface area (Å²) >= 11 is 3.37. The molecular weight excluding hydrogens is 384 g/mol. The fraction of sp³-hybridized carbons (Fsp3) is 0.211. The standard InChI is InChI=1S/C19H17BrN2O3/c1-24-19-17(21-15-4-2-3-5-16(15)22-19)10-11-18(23)25-12-13-6-8-14(20)9-7-13/h2-9H,10-12H2,1H3. The molecule has 0 aliphatic rings. The number of ether oxygens (including phenoxy) is 2. The van der Waals surface area contributed by atoms with E-state index < -0.39 is 0 Å². The number of aromatic nitrogens is 2. The number of benzene rings is 2. The van der Waals surface area contributed by atoms with Crippen molar-refractivity contribution in [2.24, 2.45) is 0 Å². The van der Waals surface area contributed by atoms with Crippen LogP contribution < -0.4 is 4.74 Å². The van der Waals surface area contributed by atoms with Crippen LogP contribution in [0, 0.1) is 0 Å². The molecule has 5 nitrogen and oxygen atoms in total. The van der Waals surface area contributed by atoms with Crippen LogP contribution in [0.1, 0.15) is 17.7 Å². The van der Waals surface area contributed by atoms with Crippen molar-refractivity contribution in [3.8, 4) is 5.88 Å². The van der Waals surface area contributed by atoms with Crippen LogP contribution in [0.3, 0.4) is 0 Å². The molecule has 3 aromatic rings. The van der Waals surface area contributed by atoms with E-state index in [0.717, 1.165) is 21.1 Å². The first kappa shape index (κ1) is 17.4. The number of halogens is 1.